The molecule has 0 saturated carbocycles. The van der Waals surface area contributed by atoms with Crippen LogP contribution in [0.1, 0.15) is 29.7 Å². The van der Waals surface area contributed by atoms with Crippen LogP contribution in [-0.4, -0.2) is 36.5 Å². The maximum atomic E-state index is 13.1. The smallest absolute Gasteiger partial charge is 0.241 e. The van der Waals surface area contributed by atoms with E-state index in [1.165, 1.54) is 17.7 Å². The van der Waals surface area contributed by atoms with Gasteiger partial charge in [0, 0.05) is 18.8 Å². The first-order valence-corrected chi connectivity index (χ1v) is 8.93. The number of ether oxygens (including phenoxy) is 1. The standard InChI is InChI=1S/C21H25FN2O2/c1-14-4-9-19(15(2)12-14)23-21(25)16(3)24-10-11-26-20(13-24)17-5-7-18(22)8-6-17/h4-9,12,16,20H,10-11,13H2,1-3H3,(H,23,25). The molecule has 2 atom stereocenters. The van der Waals surface area contributed by atoms with Gasteiger partial charge in [-0.2, -0.15) is 0 Å². The Hall–Kier alpha value is -2.24. The number of anilines is 1. The van der Waals surface area contributed by atoms with Crippen molar-refractivity contribution in [1.82, 2.24) is 4.90 Å². The minimum absolute atomic E-state index is 0.0308. The van der Waals surface area contributed by atoms with Gasteiger partial charge in [0.15, 0.2) is 0 Å². The Kier molecular flexibility index (Phi) is 5.69. The highest BCUT2D eigenvalue weighted by Crippen LogP contribution is 2.24. The Balaban J connectivity index is 1.65. The SMILES string of the molecule is Cc1ccc(NC(=O)C(C)N2CCOC(c3ccc(F)cc3)C2)c(C)c1. The van der Waals surface area contributed by atoms with Crippen molar-refractivity contribution in [1.29, 1.82) is 0 Å². The molecule has 0 radical (unpaired) electrons. The molecule has 2 unspecified atom stereocenters. The third kappa shape index (κ3) is 4.29. The highest BCUT2D eigenvalue weighted by Gasteiger charge is 2.29. The third-order valence-corrected chi connectivity index (χ3v) is 4.91. The number of aryl methyl sites for hydroxylation is 2. The molecule has 0 aliphatic carbocycles. The number of nitrogens with one attached hydrogen (secondary N) is 1. The van der Waals surface area contributed by atoms with Crippen LogP contribution in [0.25, 0.3) is 0 Å². The molecule has 138 valence electrons. The maximum absolute atomic E-state index is 13.1. The normalized spacial score (nSPS) is 19.2. The van der Waals surface area contributed by atoms with E-state index in [1.54, 1.807) is 12.1 Å². The van der Waals surface area contributed by atoms with Crippen molar-refractivity contribution < 1.29 is 13.9 Å². The van der Waals surface area contributed by atoms with Crippen LogP contribution >= 0.6 is 0 Å². The lowest BCUT2D eigenvalue weighted by molar-refractivity contribution is -0.124. The van der Waals surface area contributed by atoms with Crippen LogP contribution in [0.15, 0.2) is 42.5 Å². The number of halogens is 1. The summed E-state index contributed by atoms with van der Waals surface area (Å²) in [5.74, 6) is -0.292. The molecular weight excluding hydrogens is 331 g/mol. The molecule has 1 amide bonds. The third-order valence-electron chi connectivity index (χ3n) is 4.91. The second-order valence-electron chi connectivity index (χ2n) is 6.89. The molecule has 1 N–H and O–H groups in total. The lowest BCUT2D eigenvalue weighted by Crippen LogP contribution is -2.48. The number of carbonyl (C=O) groups excluding carboxylic acids is 1. The second-order valence-corrected chi connectivity index (χ2v) is 6.89. The molecule has 5 heteroatoms. The molecule has 1 fully saturated rings. The van der Waals surface area contributed by atoms with Crippen LogP contribution in [0, 0.1) is 19.7 Å². The topological polar surface area (TPSA) is 41.6 Å². The molecule has 1 aliphatic heterocycles. The van der Waals surface area contributed by atoms with Gasteiger partial charge in [-0.15, -0.1) is 0 Å². The van der Waals surface area contributed by atoms with Crippen molar-refractivity contribution in [2.45, 2.75) is 32.9 Å². The average molecular weight is 356 g/mol. The van der Waals surface area contributed by atoms with Gasteiger partial charge in [-0.05, 0) is 50.1 Å². The van der Waals surface area contributed by atoms with Crippen molar-refractivity contribution in [2.75, 3.05) is 25.0 Å². The minimum atomic E-state index is -0.275. The molecule has 4 nitrogen and oxygen atoms in total. The Morgan fingerprint density at radius 3 is 2.65 bits per heavy atom. The molecule has 2 aromatic rings. The first kappa shape index (κ1) is 18.5. The van der Waals surface area contributed by atoms with Crippen LogP contribution in [0.2, 0.25) is 0 Å². The lowest BCUT2D eigenvalue weighted by Gasteiger charge is -2.36. The number of hydrogen-bond acceptors (Lipinski definition) is 3. The zero-order valence-electron chi connectivity index (χ0n) is 15.5. The highest BCUT2D eigenvalue weighted by molar-refractivity contribution is 5.95. The second kappa shape index (κ2) is 7.98. The van der Waals surface area contributed by atoms with Gasteiger partial charge in [-0.1, -0.05) is 29.8 Å². The van der Waals surface area contributed by atoms with E-state index in [9.17, 15) is 9.18 Å². The largest absolute Gasteiger partial charge is 0.371 e. The van der Waals surface area contributed by atoms with Crippen LogP contribution < -0.4 is 5.32 Å². The predicted octanol–water partition coefficient (Wildman–Crippen LogP) is 3.84. The summed E-state index contributed by atoms with van der Waals surface area (Å²) in [7, 11) is 0. The van der Waals surface area contributed by atoms with Crippen molar-refractivity contribution in [2.24, 2.45) is 0 Å². The maximum Gasteiger partial charge on any atom is 0.241 e. The van der Waals surface area contributed by atoms with Crippen LogP contribution in [-0.2, 0) is 9.53 Å². The van der Waals surface area contributed by atoms with E-state index < -0.39 is 0 Å². The number of morpholine rings is 1. The van der Waals surface area contributed by atoms with E-state index in [0.717, 1.165) is 16.8 Å². The quantitative estimate of drug-likeness (QED) is 0.905. The zero-order chi connectivity index (χ0) is 18.7. The fourth-order valence-electron chi connectivity index (χ4n) is 3.26. The summed E-state index contributed by atoms with van der Waals surface area (Å²) in [6.07, 6.45) is -0.152. The van der Waals surface area contributed by atoms with Crippen molar-refractivity contribution >= 4 is 11.6 Å². The highest BCUT2D eigenvalue weighted by atomic mass is 19.1. The molecule has 0 spiro atoms. The van der Waals surface area contributed by atoms with Gasteiger partial charge >= 0.3 is 0 Å². The van der Waals surface area contributed by atoms with Crippen LogP contribution in [0.3, 0.4) is 0 Å². The number of rotatable bonds is 4. The Morgan fingerprint density at radius 2 is 1.96 bits per heavy atom. The summed E-state index contributed by atoms with van der Waals surface area (Å²) in [6, 6.07) is 12.1. The van der Waals surface area contributed by atoms with Gasteiger partial charge in [0.1, 0.15) is 5.82 Å². The first-order valence-electron chi connectivity index (χ1n) is 8.93. The number of hydrogen-bond donors (Lipinski definition) is 1. The molecule has 2 aromatic carbocycles. The fraction of sp³-hybridized carbons (Fsp3) is 0.381. The monoisotopic (exact) mass is 356 g/mol. The van der Waals surface area contributed by atoms with E-state index >= 15 is 0 Å². The summed E-state index contributed by atoms with van der Waals surface area (Å²) >= 11 is 0. The predicted molar refractivity (Wildman–Crippen MR) is 101 cm³/mol. The minimum Gasteiger partial charge on any atom is -0.371 e. The molecule has 1 saturated heterocycles. The Morgan fingerprint density at radius 1 is 1.23 bits per heavy atom. The first-order chi connectivity index (χ1) is 12.4. The van der Waals surface area contributed by atoms with Crippen molar-refractivity contribution in [3.8, 4) is 0 Å². The Labute approximate surface area is 154 Å². The fourth-order valence-corrected chi connectivity index (χ4v) is 3.26. The number of nitrogens with zero attached hydrogens (tertiary/aromatic N) is 1. The molecule has 1 heterocycles. The molecular formula is C21H25FN2O2. The molecule has 3 rings (SSSR count). The number of benzene rings is 2. The molecule has 0 bridgehead atoms. The van der Waals surface area contributed by atoms with E-state index in [-0.39, 0.29) is 23.9 Å². The lowest BCUT2D eigenvalue weighted by atomic mass is 10.1. The van der Waals surface area contributed by atoms with Crippen LogP contribution in [0.4, 0.5) is 10.1 Å². The molecule has 0 aromatic heterocycles. The van der Waals surface area contributed by atoms with E-state index in [4.69, 9.17) is 4.74 Å². The van der Waals surface area contributed by atoms with Crippen molar-refractivity contribution in [3.63, 3.8) is 0 Å². The van der Waals surface area contributed by atoms with Gasteiger partial charge in [0.05, 0.1) is 18.8 Å². The number of carbonyl (C=O) groups is 1. The van der Waals surface area contributed by atoms with Gasteiger partial charge < -0.3 is 10.1 Å². The summed E-state index contributed by atoms with van der Waals surface area (Å²) in [4.78, 5) is 14.8. The van der Waals surface area contributed by atoms with Gasteiger partial charge in [0.2, 0.25) is 5.91 Å². The summed E-state index contributed by atoms with van der Waals surface area (Å²) in [5, 5.41) is 3.03. The molecule has 1 aliphatic rings. The van der Waals surface area contributed by atoms with Crippen LogP contribution in [0.5, 0.6) is 0 Å². The summed E-state index contributed by atoms with van der Waals surface area (Å²) in [5.41, 5.74) is 3.99. The van der Waals surface area contributed by atoms with Gasteiger partial charge in [0.25, 0.3) is 0 Å². The summed E-state index contributed by atoms with van der Waals surface area (Å²) in [6.45, 7) is 7.78. The van der Waals surface area contributed by atoms with E-state index in [1.807, 2.05) is 32.9 Å². The Bertz CT molecular complexity index is 776. The van der Waals surface area contributed by atoms with Gasteiger partial charge in [-0.25, -0.2) is 4.39 Å². The van der Waals surface area contributed by atoms with Crippen molar-refractivity contribution in [3.05, 3.63) is 65.0 Å². The zero-order valence-corrected chi connectivity index (χ0v) is 15.5. The van der Waals surface area contributed by atoms with E-state index in [2.05, 4.69) is 16.3 Å². The molecule has 26 heavy (non-hydrogen) atoms. The summed E-state index contributed by atoms with van der Waals surface area (Å²) < 4.78 is 18.9. The van der Waals surface area contributed by atoms with E-state index in [0.29, 0.717) is 19.7 Å². The average Bonchev–Trinajstić information content (AvgIpc) is 2.64. The van der Waals surface area contributed by atoms with Gasteiger partial charge in [-0.3, -0.25) is 9.69 Å². The number of amides is 1.